The third kappa shape index (κ3) is 4.95. The van der Waals surface area contributed by atoms with E-state index in [0.717, 1.165) is 24.6 Å². The smallest absolute Gasteiger partial charge is 0.265 e. The highest BCUT2D eigenvalue weighted by Gasteiger charge is 2.55. The highest BCUT2D eigenvalue weighted by Crippen LogP contribution is 2.45. The molecule has 1 atom stereocenters. The Morgan fingerprint density at radius 1 is 0.913 bits per heavy atom. The molecule has 0 bridgehead atoms. The van der Waals surface area contributed by atoms with Crippen LogP contribution in [0.25, 0.3) is 16.5 Å². The number of carbonyl (C=O) groups excluding carboxylic acids is 3. The zero-order chi connectivity index (χ0) is 32.7. The summed E-state index contributed by atoms with van der Waals surface area (Å²) in [6, 6.07) is 13.3. The number of primary amides is 2. The first-order valence-electron chi connectivity index (χ1n) is 14.5. The van der Waals surface area contributed by atoms with E-state index >= 15 is 4.39 Å². The maximum atomic E-state index is 15.9. The van der Waals surface area contributed by atoms with Crippen molar-refractivity contribution < 1.29 is 37.4 Å². The normalized spacial score (nSPS) is 18.3. The number of Topliss-reactive ketones (excluding diaryl/α,β-unsaturated/α-hetero) is 1. The van der Waals surface area contributed by atoms with Crippen LogP contribution < -0.4 is 25.7 Å². The Morgan fingerprint density at radius 2 is 1.61 bits per heavy atom. The quantitative estimate of drug-likeness (QED) is 0.260. The minimum atomic E-state index is -2.11. The molecule has 1 unspecified atom stereocenters. The third-order valence-electron chi connectivity index (χ3n) is 8.70. The number of nitrogens with zero attached hydrogens (tertiary/aromatic N) is 2. The molecule has 2 aliphatic rings. The number of ketones is 1. The zero-order valence-electron chi connectivity index (χ0n) is 25.0. The molecule has 6 rings (SSSR count). The molecule has 4 N–H and O–H groups in total. The number of benzene rings is 3. The molecule has 2 heterocycles. The van der Waals surface area contributed by atoms with Gasteiger partial charge in [-0.15, -0.1) is 0 Å². The van der Waals surface area contributed by atoms with E-state index in [0.29, 0.717) is 35.2 Å². The molecule has 10 nitrogen and oxygen atoms in total. The van der Waals surface area contributed by atoms with E-state index in [1.54, 1.807) is 23.1 Å². The molecule has 1 aliphatic heterocycles. The average Bonchev–Trinajstić information content (AvgIpc) is 3.01. The largest absolute Gasteiger partial charge is 0.493 e. The van der Waals surface area contributed by atoms with Crippen molar-refractivity contribution in [2.24, 2.45) is 11.5 Å². The molecule has 2 amide bonds. The summed E-state index contributed by atoms with van der Waals surface area (Å²) in [5.41, 5.74) is 10.1. The molecule has 0 saturated heterocycles. The van der Waals surface area contributed by atoms with Gasteiger partial charge in [-0.2, -0.15) is 0 Å². The summed E-state index contributed by atoms with van der Waals surface area (Å²) in [6.45, 7) is -0.328. The van der Waals surface area contributed by atoms with Crippen molar-refractivity contribution in [1.82, 2.24) is 9.88 Å². The van der Waals surface area contributed by atoms with Crippen LogP contribution in [0.15, 0.2) is 72.6 Å². The number of hydrogen-bond donors (Lipinski definition) is 2. The van der Waals surface area contributed by atoms with E-state index in [4.69, 9.17) is 25.7 Å². The van der Waals surface area contributed by atoms with Crippen LogP contribution in [0, 0.1) is 11.6 Å². The van der Waals surface area contributed by atoms with Crippen LogP contribution in [-0.2, 0) is 19.8 Å². The number of rotatable bonds is 9. The fraction of sp³-hybridized carbons (Fsp3) is 0.235. The number of aromatic nitrogens is 1. The van der Waals surface area contributed by atoms with E-state index in [9.17, 15) is 18.8 Å². The number of amides is 2. The molecular weight excluding hydrogens is 598 g/mol. The van der Waals surface area contributed by atoms with E-state index in [1.807, 2.05) is 0 Å². The lowest BCUT2D eigenvalue weighted by molar-refractivity contribution is -0.135. The van der Waals surface area contributed by atoms with Gasteiger partial charge >= 0.3 is 0 Å². The van der Waals surface area contributed by atoms with E-state index in [2.05, 4.69) is 4.98 Å². The summed E-state index contributed by atoms with van der Waals surface area (Å²) in [5, 5.41) is 0.517. The Labute approximate surface area is 262 Å². The molecule has 0 spiro atoms. The molecule has 1 aliphatic carbocycles. The number of fused-ring (bicyclic) bond motifs is 1. The number of hydrogen-bond acceptors (Lipinski definition) is 8. The van der Waals surface area contributed by atoms with E-state index < -0.39 is 34.6 Å². The first-order chi connectivity index (χ1) is 22.1. The first kappa shape index (κ1) is 30.5. The summed E-state index contributed by atoms with van der Waals surface area (Å²) >= 11 is 0. The fourth-order valence-electron chi connectivity index (χ4n) is 6.09. The monoisotopic (exact) mass is 628 g/mol. The highest BCUT2D eigenvalue weighted by molar-refractivity contribution is 6.36. The van der Waals surface area contributed by atoms with Gasteiger partial charge in [0.2, 0.25) is 5.91 Å². The lowest BCUT2D eigenvalue weighted by Crippen LogP contribution is -2.62. The standard InChI is InChI=1S/C34H30F2N4O6/c1-44-27-15-22-24(16-28(27)45-2)39-13-12-25(22)46-26-11-8-19(14-23(26)36)34(33(38)43)17-40(21-4-3-5-21)30(32(37)42)29(31(34)41)18-6-9-20(35)10-7-18/h6-16,21H,3-5,17H2,1-2H3,(H2,37,42)(H2,38,43). The molecule has 4 aromatic rings. The van der Waals surface area contributed by atoms with Gasteiger partial charge in [-0.3, -0.25) is 19.4 Å². The number of carbonyl (C=O) groups is 3. The van der Waals surface area contributed by atoms with Crippen molar-refractivity contribution in [2.45, 2.75) is 30.7 Å². The topological polar surface area (TPSA) is 147 Å². The first-order valence-corrected chi connectivity index (χ1v) is 14.5. The maximum absolute atomic E-state index is 15.9. The summed E-state index contributed by atoms with van der Waals surface area (Å²) in [6.07, 6.45) is 3.70. The van der Waals surface area contributed by atoms with Crippen LogP contribution >= 0.6 is 0 Å². The predicted octanol–water partition coefficient (Wildman–Crippen LogP) is 4.38. The summed E-state index contributed by atoms with van der Waals surface area (Å²) in [4.78, 5) is 46.6. The number of ether oxygens (including phenoxy) is 3. The van der Waals surface area contributed by atoms with Gasteiger partial charge in [0.1, 0.15) is 17.3 Å². The minimum Gasteiger partial charge on any atom is -0.493 e. The maximum Gasteiger partial charge on any atom is 0.265 e. The number of halogens is 2. The second-order valence-electron chi connectivity index (χ2n) is 11.2. The van der Waals surface area contributed by atoms with Gasteiger partial charge in [0.25, 0.3) is 5.91 Å². The minimum absolute atomic E-state index is 0.0340. The Morgan fingerprint density at radius 3 is 2.20 bits per heavy atom. The second kappa shape index (κ2) is 11.8. The predicted molar refractivity (Wildman–Crippen MR) is 164 cm³/mol. The lowest BCUT2D eigenvalue weighted by Gasteiger charge is -2.48. The van der Waals surface area contributed by atoms with Gasteiger partial charge in [0.15, 0.2) is 34.3 Å². The van der Waals surface area contributed by atoms with Crippen molar-refractivity contribution in [3.63, 3.8) is 0 Å². The number of methoxy groups -OCH3 is 2. The van der Waals surface area contributed by atoms with Crippen LogP contribution in [0.3, 0.4) is 0 Å². The van der Waals surface area contributed by atoms with Crippen LogP contribution in [0.5, 0.6) is 23.0 Å². The van der Waals surface area contributed by atoms with Gasteiger partial charge in [0, 0.05) is 30.2 Å². The molecule has 1 aromatic heterocycles. The number of nitrogens with two attached hydrogens (primary N) is 2. The van der Waals surface area contributed by atoms with Gasteiger partial charge in [-0.1, -0.05) is 18.2 Å². The van der Waals surface area contributed by atoms with E-state index in [1.165, 1.54) is 44.7 Å². The Balaban J connectivity index is 1.46. The fourth-order valence-corrected chi connectivity index (χ4v) is 6.09. The van der Waals surface area contributed by atoms with Crippen LogP contribution in [0.2, 0.25) is 0 Å². The summed E-state index contributed by atoms with van der Waals surface area (Å²) < 4.78 is 46.5. The molecule has 46 heavy (non-hydrogen) atoms. The second-order valence-corrected chi connectivity index (χ2v) is 11.2. The highest BCUT2D eigenvalue weighted by atomic mass is 19.1. The molecular formula is C34H30F2N4O6. The van der Waals surface area contributed by atoms with Gasteiger partial charge in [0.05, 0.1) is 25.3 Å². The Bertz CT molecular complexity index is 1930. The lowest BCUT2D eigenvalue weighted by atomic mass is 9.68. The average molecular weight is 629 g/mol. The molecule has 1 fully saturated rings. The van der Waals surface area contributed by atoms with Crippen LogP contribution in [0.4, 0.5) is 8.78 Å². The SMILES string of the molecule is COc1cc2nccc(Oc3ccc(C4(C(N)=O)CN(C5CCC5)C(C(N)=O)=C(c5ccc(F)cc5)C4=O)cc3F)c2cc1OC. The molecule has 1 saturated carbocycles. The van der Waals surface area contributed by atoms with Crippen molar-refractivity contribution in [2.75, 3.05) is 20.8 Å². The number of allylic oxidation sites excluding steroid dienone is 1. The molecule has 236 valence electrons. The van der Waals surface area contributed by atoms with Crippen molar-refractivity contribution in [1.29, 1.82) is 0 Å². The van der Waals surface area contributed by atoms with Crippen LogP contribution in [0.1, 0.15) is 30.4 Å². The third-order valence-corrected chi connectivity index (χ3v) is 8.70. The Kier molecular flexibility index (Phi) is 7.80. The van der Waals surface area contributed by atoms with Gasteiger partial charge in [-0.25, -0.2) is 8.78 Å². The van der Waals surface area contributed by atoms with Crippen molar-refractivity contribution in [3.05, 3.63) is 95.3 Å². The molecule has 3 aromatic carbocycles. The summed E-state index contributed by atoms with van der Waals surface area (Å²) in [7, 11) is 2.98. The molecule has 0 radical (unpaired) electrons. The zero-order valence-corrected chi connectivity index (χ0v) is 25.0. The van der Waals surface area contributed by atoms with Crippen LogP contribution in [-0.4, -0.2) is 54.3 Å². The van der Waals surface area contributed by atoms with Crippen molar-refractivity contribution in [3.8, 4) is 23.0 Å². The number of pyridine rings is 1. The van der Waals surface area contributed by atoms with Gasteiger partial charge in [-0.05, 0) is 66.8 Å². The van der Waals surface area contributed by atoms with Crippen molar-refractivity contribution >= 4 is 34.1 Å². The summed E-state index contributed by atoms with van der Waals surface area (Å²) in [5.74, 6) is -3.28. The Hall–Kier alpha value is -5.52. The molecule has 12 heteroatoms. The van der Waals surface area contributed by atoms with E-state index in [-0.39, 0.29) is 46.5 Å². The van der Waals surface area contributed by atoms with Gasteiger partial charge < -0.3 is 30.6 Å².